The highest BCUT2D eigenvalue weighted by Crippen LogP contribution is 2.28. The number of carbonyl (C=O) groups is 1. The molecule has 178 valence electrons. The summed E-state index contributed by atoms with van der Waals surface area (Å²) < 4.78 is 15.8. The number of aromatic nitrogens is 3. The predicted molar refractivity (Wildman–Crippen MR) is 128 cm³/mol. The molecular formula is C25H29N5O4. The molecule has 1 saturated heterocycles. The van der Waals surface area contributed by atoms with Gasteiger partial charge in [0, 0.05) is 24.8 Å². The molecule has 3 heterocycles. The topological polar surface area (TPSA) is 98.7 Å². The Morgan fingerprint density at radius 3 is 2.35 bits per heavy atom. The van der Waals surface area contributed by atoms with E-state index in [-0.39, 0.29) is 24.2 Å². The average Bonchev–Trinajstić information content (AvgIpc) is 2.86. The van der Waals surface area contributed by atoms with Crippen LogP contribution in [0.1, 0.15) is 27.2 Å². The van der Waals surface area contributed by atoms with Gasteiger partial charge in [-0.25, -0.2) is 15.0 Å². The van der Waals surface area contributed by atoms with Crippen molar-refractivity contribution in [1.82, 2.24) is 20.3 Å². The summed E-state index contributed by atoms with van der Waals surface area (Å²) in [5, 5.41) is 2.95. The fraction of sp³-hybridized carbons (Fsp3) is 0.360. The lowest BCUT2D eigenvalue weighted by molar-refractivity contribution is 0.0948. The minimum atomic E-state index is -0.239. The number of rotatable bonds is 7. The first-order chi connectivity index (χ1) is 16.5. The molecular weight excluding hydrogens is 434 g/mol. The molecule has 0 atom stereocenters. The van der Waals surface area contributed by atoms with E-state index in [1.807, 2.05) is 12.3 Å². The number of benzene rings is 1. The van der Waals surface area contributed by atoms with Crippen molar-refractivity contribution in [2.45, 2.75) is 20.4 Å². The van der Waals surface area contributed by atoms with Gasteiger partial charge < -0.3 is 24.4 Å². The SMILES string of the molecule is COc1ncc(CNC(=O)c2cc(-c3cc(C)cc(C)c3)cnc2N2CCOCC2)nc1OC. The smallest absolute Gasteiger partial charge is 0.278 e. The van der Waals surface area contributed by atoms with E-state index < -0.39 is 0 Å². The highest BCUT2D eigenvalue weighted by Gasteiger charge is 2.22. The zero-order valence-corrected chi connectivity index (χ0v) is 19.9. The van der Waals surface area contributed by atoms with Crippen molar-refractivity contribution in [2.24, 2.45) is 0 Å². The number of hydrogen-bond donors (Lipinski definition) is 1. The Bertz CT molecular complexity index is 1160. The molecule has 1 aromatic carbocycles. The molecule has 0 bridgehead atoms. The van der Waals surface area contributed by atoms with Gasteiger partial charge in [0.2, 0.25) is 0 Å². The van der Waals surface area contributed by atoms with Crippen molar-refractivity contribution in [3.63, 3.8) is 0 Å². The Labute approximate surface area is 199 Å². The maximum Gasteiger partial charge on any atom is 0.278 e. The second-order valence-electron chi connectivity index (χ2n) is 8.13. The van der Waals surface area contributed by atoms with E-state index in [1.165, 1.54) is 14.2 Å². The monoisotopic (exact) mass is 463 g/mol. The van der Waals surface area contributed by atoms with Crippen LogP contribution in [0.15, 0.2) is 36.7 Å². The summed E-state index contributed by atoms with van der Waals surface area (Å²) in [6, 6.07) is 8.22. The summed E-state index contributed by atoms with van der Waals surface area (Å²) in [5.74, 6) is 0.961. The molecule has 1 amide bonds. The number of ether oxygens (including phenoxy) is 3. The summed E-state index contributed by atoms with van der Waals surface area (Å²) in [6.07, 6.45) is 3.38. The molecule has 1 aliphatic heterocycles. The van der Waals surface area contributed by atoms with Gasteiger partial charge in [-0.15, -0.1) is 0 Å². The first kappa shape index (κ1) is 23.4. The predicted octanol–water partition coefficient (Wildman–Crippen LogP) is 2.94. The third-order valence-corrected chi connectivity index (χ3v) is 5.55. The standard InChI is InChI=1S/C25H29N5O4/c1-16-9-17(2)11-18(10-16)19-12-21(22(26-13-19)30-5-7-34-8-6-30)23(31)27-14-20-15-28-24(32-3)25(29-20)33-4/h9-13,15H,5-8,14H2,1-4H3,(H,27,31). The largest absolute Gasteiger partial charge is 0.477 e. The summed E-state index contributed by atoms with van der Waals surface area (Å²) in [5.41, 5.74) is 5.29. The van der Waals surface area contributed by atoms with Crippen LogP contribution in [0.25, 0.3) is 11.1 Å². The highest BCUT2D eigenvalue weighted by atomic mass is 16.5. The maximum atomic E-state index is 13.4. The number of nitrogens with zero attached hydrogens (tertiary/aromatic N) is 4. The molecule has 34 heavy (non-hydrogen) atoms. The van der Waals surface area contributed by atoms with Crippen LogP contribution in [-0.4, -0.2) is 61.4 Å². The second kappa shape index (κ2) is 10.5. The molecule has 1 aliphatic rings. The number of pyridine rings is 1. The molecule has 2 aromatic heterocycles. The fourth-order valence-corrected chi connectivity index (χ4v) is 3.97. The summed E-state index contributed by atoms with van der Waals surface area (Å²) in [6.45, 7) is 6.86. The Morgan fingerprint density at radius 2 is 1.68 bits per heavy atom. The Hall–Kier alpha value is -3.72. The van der Waals surface area contributed by atoms with E-state index in [0.29, 0.717) is 43.4 Å². The van der Waals surface area contributed by atoms with Crippen molar-refractivity contribution in [3.05, 3.63) is 59.0 Å². The van der Waals surface area contributed by atoms with Crippen LogP contribution in [0.3, 0.4) is 0 Å². The average molecular weight is 464 g/mol. The lowest BCUT2D eigenvalue weighted by Crippen LogP contribution is -2.38. The van der Waals surface area contributed by atoms with E-state index >= 15 is 0 Å². The van der Waals surface area contributed by atoms with E-state index in [4.69, 9.17) is 19.2 Å². The van der Waals surface area contributed by atoms with E-state index in [9.17, 15) is 4.79 Å². The Morgan fingerprint density at radius 1 is 0.971 bits per heavy atom. The molecule has 0 saturated carbocycles. The van der Waals surface area contributed by atoms with Gasteiger partial charge in [0.25, 0.3) is 17.7 Å². The lowest BCUT2D eigenvalue weighted by atomic mass is 10.0. The first-order valence-electron chi connectivity index (χ1n) is 11.1. The Balaban J connectivity index is 1.63. The summed E-state index contributed by atoms with van der Waals surface area (Å²) in [7, 11) is 2.99. The summed E-state index contributed by atoms with van der Waals surface area (Å²) >= 11 is 0. The quantitative estimate of drug-likeness (QED) is 0.571. The van der Waals surface area contributed by atoms with Crippen molar-refractivity contribution in [3.8, 4) is 22.9 Å². The normalized spacial score (nSPS) is 13.5. The van der Waals surface area contributed by atoms with Crippen molar-refractivity contribution in [1.29, 1.82) is 0 Å². The van der Waals surface area contributed by atoms with Crippen LogP contribution in [-0.2, 0) is 11.3 Å². The van der Waals surface area contributed by atoms with Gasteiger partial charge >= 0.3 is 0 Å². The molecule has 0 unspecified atom stereocenters. The molecule has 1 fully saturated rings. The van der Waals surface area contributed by atoms with E-state index in [0.717, 1.165) is 22.3 Å². The van der Waals surface area contributed by atoms with Crippen molar-refractivity contribution in [2.75, 3.05) is 45.4 Å². The van der Waals surface area contributed by atoms with Gasteiger partial charge in [-0.2, -0.15) is 0 Å². The number of nitrogens with one attached hydrogen (secondary N) is 1. The second-order valence-corrected chi connectivity index (χ2v) is 8.13. The minimum absolute atomic E-state index is 0.183. The van der Waals surface area contributed by atoms with Crippen molar-refractivity contribution < 1.29 is 19.0 Å². The third kappa shape index (κ3) is 5.26. The number of aryl methyl sites for hydroxylation is 2. The molecule has 3 aromatic rings. The van der Waals surface area contributed by atoms with E-state index in [2.05, 4.69) is 52.2 Å². The number of morpholine rings is 1. The van der Waals surface area contributed by atoms with Crippen LogP contribution in [0.4, 0.5) is 5.82 Å². The van der Waals surface area contributed by atoms with Crippen LogP contribution < -0.4 is 19.7 Å². The fourth-order valence-electron chi connectivity index (χ4n) is 3.97. The zero-order valence-electron chi connectivity index (χ0n) is 19.9. The van der Waals surface area contributed by atoms with E-state index in [1.54, 1.807) is 6.20 Å². The van der Waals surface area contributed by atoms with Gasteiger partial charge in [-0.05, 0) is 25.5 Å². The number of hydrogen-bond acceptors (Lipinski definition) is 8. The molecule has 1 N–H and O–H groups in total. The van der Waals surface area contributed by atoms with Crippen LogP contribution in [0.5, 0.6) is 11.8 Å². The van der Waals surface area contributed by atoms with Crippen LogP contribution >= 0.6 is 0 Å². The number of amides is 1. The zero-order chi connectivity index (χ0) is 24.1. The third-order valence-electron chi connectivity index (χ3n) is 5.55. The molecule has 0 radical (unpaired) electrons. The van der Waals surface area contributed by atoms with Gasteiger partial charge in [-0.3, -0.25) is 4.79 Å². The highest BCUT2D eigenvalue weighted by molar-refractivity contribution is 6.00. The molecule has 9 heteroatoms. The summed E-state index contributed by atoms with van der Waals surface area (Å²) in [4.78, 5) is 28.7. The molecule has 0 aliphatic carbocycles. The minimum Gasteiger partial charge on any atom is -0.477 e. The van der Waals surface area contributed by atoms with Crippen LogP contribution in [0.2, 0.25) is 0 Å². The Kier molecular flexibility index (Phi) is 7.22. The van der Waals surface area contributed by atoms with Gasteiger partial charge in [-0.1, -0.05) is 29.3 Å². The number of anilines is 1. The van der Waals surface area contributed by atoms with Crippen molar-refractivity contribution >= 4 is 11.7 Å². The van der Waals surface area contributed by atoms with Gasteiger partial charge in [0.1, 0.15) is 5.82 Å². The lowest BCUT2D eigenvalue weighted by Gasteiger charge is -2.29. The number of methoxy groups -OCH3 is 2. The molecule has 9 nitrogen and oxygen atoms in total. The number of carbonyl (C=O) groups excluding carboxylic acids is 1. The van der Waals surface area contributed by atoms with Gasteiger partial charge in [0.15, 0.2) is 0 Å². The molecule has 0 spiro atoms. The first-order valence-corrected chi connectivity index (χ1v) is 11.1. The van der Waals surface area contributed by atoms with Crippen LogP contribution in [0, 0.1) is 13.8 Å². The molecule has 4 rings (SSSR count). The maximum absolute atomic E-state index is 13.4. The van der Waals surface area contributed by atoms with Gasteiger partial charge in [0.05, 0.1) is 51.4 Å².